The highest BCUT2D eigenvalue weighted by Gasteiger charge is 2.27. The van der Waals surface area contributed by atoms with Crippen molar-refractivity contribution in [2.75, 3.05) is 11.4 Å². The van der Waals surface area contributed by atoms with Crippen molar-refractivity contribution in [3.05, 3.63) is 23.9 Å². The zero-order valence-corrected chi connectivity index (χ0v) is 10.1. The SMILES string of the molecule is CC(C)C1CCCN1c1cccc(CO)n1. The van der Waals surface area contributed by atoms with Crippen molar-refractivity contribution < 1.29 is 5.11 Å². The molecule has 0 saturated carbocycles. The molecule has 1 aromatic heterocycles. The summed E-state index contributed by atoms with van der Waals surface area (Å²) in [7, 11) is 0. The summed E-state index contributed by atoms with van der Waals surface area (Å²) in [5.41, 5.74) is 0.756. The largest absolute Gasteiger partial charge is 0.390 e. The van der Waals surface area contributed by atoms with Gasteiger partial charge >= 0.3 is 0 Å². The normalized spacial score (nSPS) is 20.8. The highest BCUT2D eigenvalue weighted by atomic mass is 16.3. The molecule has 1 fully saturated rings. The lowest BCUT2D eigenvalue weighted by molar-refractivity contribution is 0.277. The van der Waals surface area contributed by atoms with Crippen molar-refractivity contribution in [2.45, 2.75) is 39.3 Å². The van der Waals surface area contributed by atoms with Gasteiger partial charge in [-0.25, -0.2) is 4.98 Å². The first-order valence-electron chi connectivity index (χ1n) is 6.06. The predicted octanol–water partition coefficient (Wildman–Crippen LogP) is 2.20. The highest BCUT2D eigenvalue weighted by molar-refractivity contribution is 5.42. The molecular weight excluding hydrogens is 200 g/mol. The van der Waals surface area contributed by atoms with Gasteiger partial charge in [0.1, 0.15) is 5.82 Å². The van der Waals surface area contributed by atoms with E-state index in [4.69, 9.17) is 5.11 Å². The van der Waals surface area contributed by atoms with Gasteiger partial charge in [0.2, 0.25) is 0 Å². The minimum Gasteiger partial charge on any atom is -0.390 e. The number of rotatable bonds is 3. The zero-order valence-electron chi connectivity index (χ0n) is 10.1. The van der Waals surface area contributed by atoms with Gasteiger partial charge in [-0.3, -0.25) is 0 Å². The molecule has 1 unspecified atom stereocenters. The Balaban J connectivity index is 2.22. The first-order valence-corrected chi connectivity index (χ1v) is 6.06. The van der Waals surface area contributed by atoms with Crippen molar-refractivity contribution in [3.8, 4) is 0 Å². The summed E-state index contributed by atoms with van der Waals surface area (Å²) < 4.78 is 0. The lowest BCUT2D eigenvalue weighted by atomic mass is 10.0. The number of pyridine rings is 1. The third kappa shape index (κ3) is 2.19. The maximum Gasteiger partial charge on any atom is 0.129 e. The van der Waals surface area contributed by atoms with Crippen LogP contribution in [0.3, 0.4) is 0 Å². The van der Waals surface area contributed by atoms with E-state index in [1.54, 1.807) is 0 Å². The van der Waals surface area contributed by atoms with Crippen molar-refractivity contribution >= 4 is 5.82 Å². The van der Waals surface area contributed by atoms with Gasteiger partial charge in [-0.2, -0.15) is 0 Å². The number of nitrogens with zero attached hydrogens (tertiary/aromatic N) is 2. The minimum atomic E-state index is 0.0219. The maximum absolute atomic E-state index is 9.10. The molecule has 0 spiro atoms. The molecule has 1 aliphatic rings. The Morgan fingerprint density at radius 3 is 3.00 bits per heavy atom. The molecule has 0 aromatic carbocycles. The van der Waals surface area contributed by atoms with Crippen molar-refractivity contribution in [1.82, 2.24) is 4.98 Å². The van der Waals surface area contributed by atoms with Gasteiger partial charge in [0.25, 0.3) is 0 Å². The van der Waals surface area contributed by atoms with E-state index >= 15 is 0 Å². The Bertz CT molecular complexity index is 352. The average Bonchev–Trinajstić information content (AvgIpc) is 2.78. The Kier molecular flexibility index (Phi) is 3.44. The van der Waals surface area contributed by atoms with E-state index in [9.17, 15) is 0 Å². The number of hydrogen-bond donors (Lipinski definition) is 1. The van der Waals surface area contributed by atoms with Gasteiger partial charge in [-0.1, -0.05) is 19.9 Å². The summed E-state index contributed by atoms with van der Waals surface area (Å²) in [6.07, 6.45) is 2.50. The van der Waals surface area contributed by atoms with Crippen LogP contribution in [0.25, 0.3) is 0 Å². The monoisotopic (exact) mass is 220 g/mol. The third-order valence-corrected chi connectivity index (χ3v) is 3.32. The molecule has 2 rings (SSSR count). The molecular formula is C13H20N2O. The molecule has 16 heavy (non-hydrogen) atoms. The fourth-order valence-electron chi connectivity index (χ4n) is 2.49. The van der Waals surface area contributed by atoms with Crippen LogP contribution < -0.4 is 4.90 Å². The van der Waals surface area contributed by atoms with E-state index in [2.05, 4.69) is 23.7 Å². The van der Waals surface area contributed by atoms with Crippen LogP contribution in [-0.4, -0.2) is 22.7 Å². The second-order valence-corrected chi connectivity index (χ2v) is 4.79. The van der Waals surface area contributed by atoms with Crippen LogP contribution in [0.15, 0.2) is 18.2 Å². The second kappa shape index (κ2) is 4.83. The Morgan fingerprint density at radius 1 is 1.50 bits per heavy atom. The smallest absolute Gasteiger partial charge is 0.129 e. The summed E-state index contributed by atoms with van der Waals surface area (Å²) in [5.74, 6) is 1.67. The lowest BCUT2D eigenvalue weighted by Gasteiger charge is -2.28. The molecule has 0 bridgehead atoms. The standard InChI is InChI=1S/C13H20N2O/c1-10(2)12-6-4-8-15(12)13-7-3-5-11(9-16)14-13/h3,5,7,10,12,16H,4,6,8-9H2,1-2H3. The second-order valence-electron chi connectivity index (χ2n) is 4.79. The van der Waals surface area contributed by atoms with Crippen molar-refractivity contribution in [2.24, 2.45) is 5.92 Å². The van der Waals surface area contributed by atoms with Gasteiger partial charge in [0, 0.05) is 12.6 Å². The van der Waals surface area contributed by atoms with Crippen LogP contribution in [-0.2, 0) is 6.61 Å². The third-order valence-electron chi connectivity index (χ3n) is 3.32. The van der Waals surface area contributed by atoms with E-state index in [0.29, 0.717) is 12.0 Å². The fourth-order valence-corrected chi connectivity index (χ4v) is 2.49. The number of aliphatic hydroxyl groups is 1. The van der Waals surface area contributed by atoms with E-state index < -0.39 is 0 Å². The molecule has 1 aromatic rings. The van der Waals surface area contributed by atoms with E-state index in [1.165, 1.54) is 12.8 Å². The van der Waals surface area contributed by atoms with Gasteiger partial charge in [-0.05, 0) is 30.9 Å². The summed E-state index contributed by atoms with van der Waals surface area (Å²) in [5, 5.41) is 9.10. The van der Waals surface area contributed by atoms with Crippen molar-refractivity contribution in [1.29, 1.82) is 0 Å². The van der Waals surface area contributed by atoms with Crippen LogP contribution in [0.5, 0.6) is 0 Å². The Labute approximate surface area is 97.1 Å². The predicted molar refractivity (Wildman–Crippen MR) is 65.4 cm³/mol. The average molecular weight is 220 g/mol. The summed E-state index contributed by atoms with van der Waals surface area (Å²) >= 11 is 0. The molecule has 0 amide bonds. The van der Waals surface area contributed by atoms with Gasteiger partial charge < -0.3 is 10.0 Å². The molecule has 1 saturated heterocycles. The molecule has 3 heteroatoms. The molecule has 1 atom stereocenters. The summed E-state index contributed by atoms with van der Waals surface area (Å²) in [4.78, 5) is 6.86. The Morgan fingerprint density at radius 2 is 2.31 bits per heavy atom. The first kappa shape index (κ1) is 11.4. The molecule has 0 aliphatic carbocycles. The number of hydrogen-bond acceptors (Lipinski definition) is 3. The molecule has 2 heterocycles. The van der Waals surface area contributed by atoms with Crippen LogP contribution in [0, 0.1) is 5.92 Å². The topological polar surface area (TPSA) is 36.4 Å². The van der Waals surface area contributed by atoms with E-state index in [1.807, 2.05) is 18.2 Å². The van der Waals surface area contributed by atoms with Crippen LogP contribution >= 0.6 is 0 Å². The number of aromatic nitrogens is 1. The van der Waals surface area contributed by atoms with Crippen molar-refractivity contribution in [3.63, 3.8) is 0 Å². The molecule has 1 aliphatic heterocycles. The quantitative estimate of drug-likeness (QED) is 0.848. The zero-order chi connectivity index (χ0) is 11.5. The lowest BCUT2D eigenvalue weighted by Crippen LogP contribution is -2.34. The highest BCUT2D eigenvalue weighted by Crippen LogP contribution is 2.28. The van der Waals surface area contributed by atoms with Gasteiger partial charge in [0.15, 0.2) is 0 Å². The molecule has 3 nitrogen and oxygen atoms in total. The van der Waals surface area contributed by atoms with Gasteiger partial charge in [-0.15, -0.1) is 0 Å². The number of anilines is 1. The first-order chi connectivity index (χ1) is 7.72. The summed E-state index contributed by atoms with van der Waals surface area (Å²) in [6.45, 7) is 5.64. The molecule has 88 valence electrons. The number of aliphatic hydroxyl groups excluding tert-OH is 1. The van der Waals surface area contributed by atoms with Crippen LogP contribution in [0.4, 0.5) is 5.82 Å². The summed E-state index contributed by atoms with van der Waals surface area (Å²) in [6, 6.07) is 6.48. The maximum atomic E-state index is 9.10. The molecule has 0 radical (unpaired) electrons. The van der Waals surface area contributed by atoms with E-state index in [-0.39, 0.29) is 6.61 Å². The Hall–Kier alpha value is -1.09. The molecule has 1 N–H and O–H groups in total. The minimum absolute atomic E-state index is 0.0219. The van der Waals surface area contributed by atoms with Gasteiger partial charge in [0.05, 0.1) is 12.3 Å². The van der Waals surface area contributed by atoms with Crippen LogP contribution in [0.1, 0.15) is 32.4 Å². The van der Waals surface area contributed by atoms with E-state index in [0.717, 1.165) is 18.1 Å². The van der Waals surface area contributed by atoms with Crippen LogP contribution in [0.2, 0.25) is 0 Å². The fraction of sp³-hybridized carbons (Fsp3) is 0.615.